The Morgan fingerprint density at radius 1 is 0.912 bits per heavy atom. The van der Waals surface area contributed by atoms with Crippen molar-refractivity contribution in [1.29, 1.82) is 0 Å². The molecule has 4 saturated carbocycles. The van der Waals surface area contributed by atoms with Gasteiger partial charge < -0.3 is 9.47 Å². The molecule has 0 spiro atoms. The summed E-state index contributed by atoms with van der Waals surface area (Å²) < 4.78 is 127. The van der Waals surface area contributed by atoms with E-state index in [9.17, 15) is 49.1 Å². The van der Waals surface area contributed by atoms with Gasteiger partial charge in [-0.3, -0.25) is 4.79 Å². The first kappa shape index (κ1) is 26.7. The molecular formula is C21H23F9O4. The molecule has 0 saturated heterocycles. The molecule has 4 aliphatic carbocycles. The van der Waals surface area contributed by atoms with E-state index in [1.165, 1.54) is 6.92 Å². The molecule has 194 valence electrons. The van der Waals surface area contributed by atoms with Crippen LogP contribution in [0.4, 0.5) is 39.5 Å². The van der Waals surface area contributed by atoms with E-state index in [1.54, 1.807) is 0 Å². The maximum Gasteiger partial charge on any atom is 0.460 e. The molecule has 0 aromatic carbocycles. The third-order valence-corrected chi connectivity index (χ3v) is 6.96. The number of ether oxygens (including phenoxy) is 2. The molecule has 4 aliphatic rings. The van der Waals surface area contributed by atoms with Gasteiger partial charge in [-0.1, -0.05) is 6.58 Å². The molecule has 0 aromatic rings. The van der Waals surface area contributed by atoms with Crippen molar-refractivity contribution in [2.24, 2.45) is 17.3 Å². The second-order valence-electron chi connectivity index (χ2n) is 9.83. The SMILES string of the molecule is C=C(C)C(=O)OC12CC3CC(C1)CC(C(=O)OCCC(F)(F)C(F)(F)C(F)(F)C(F)(F)F)(C3)C2. The molecule has 4 bridgehead atoms. The number of alkyl halides is 9. The average Bonchev–Trinajstić information content (AvgIpc) is 2.65. The second-order valence-corrected chi connectivity index (χ2v) is 9.83. The van der Waals surface area contributed by atoms with Crippen molar-refractivity contribution in [2.75, 3.05) is 6.61 Å². The van der Waals surface area contributed by atoms with Gasteiger partial charge in [-0.2, -0.15) is 39.5 Å². The normalized spacial score (nSPS) is 31.4. The highest BCUT2D eigenvalue weighted by Gasteiger charge is 2.81. The van der Waals surface area contributed by atoms with E-state index < -0.39 is 59.9 Å². The van der Waals surface area contributed by atoms with E-state index >= 15 is 0 Å². The summed E-state index contributed by atoms with van der Waals surface area (Å²) in [5.74, 6) is -21.4. The second kappa shape index (κ2) is 8.04. The molecule has 4 nitrogen and oxygen atoms in total. The predicted molar refractivity (Wildman–Crippen MR) is 97.2 cm³/mol. The molecule has 34 heavy (non-hydrogen) atoms. The Hall–Kier alpha value is -1.95. The van der Waals surface area contributed by atoms with Crippen molar-refractivity contribution >= 4 is 11.9 Å². The predicted octanol–water partition coefficient (Wildman–Crippen LogP) is 5.85. The highest BCUT2D eigenvalue weighted by Crippen LogP contribution is 2.63. The monoisotopic (exact) mass is 510 g/mol. The van der Waals surface area contributed by atoms with E-state index in [1.807, 2.05) is 0 Å². The van der Waals surface area contributed by atoms with Crippen molar-refractivity contribution in [3.05, 3.63) is 12.2 Å². The van der Waals surface area contributed by atoms with Gasteiger partial charge in [0.05, 0.1) is 18.4 Å². The summed E-state index contributed by atoms with van der Waals surface area (Å²) in [6.07, 6.45) is -6.94. The molecular weight excluding hydrogens is 487 g/mol. The fraction of sp³-hybridized carbons (Fsp3) is 0.810. The maximum atomic E-state index is 13.7. The Labute approximate surface area is 188 Å². The van der Waals surface area contributed by atoms with E-state index in [0.29, 0.717) is 12.8 Å². The Morgan fingerprint density at radius 3 is 1.91 bits per heavy atom. The van der Waals surface area contributed by atoms with Crippen LogP contribution in [0.5, 0.6) is 0 Å². The first-order valence-electron chi connectivity index (χ1n) is 10.5. The molecule has 0 N–H and O–H groups in total. The summed E-state index contributed by atoms with van der Waals surface area (Å²) in [4.78, 5) is 24.9. The summed E-state index contributed by atoms with van der Waals surface area (Å²) in [5, 5.41) is 0. The number of halogens is 9. The minimum absolute atomic E-state index is 0.00352. The Kier molecular flexibility index (Phi) is 6.30. The zero-order chi connectivity index (χ0) is 26.0. The van der Waals surface area contributed by atoms with Crippen molar-refractivity contribution in [3.8, 4) is 0 Å². The van der Waals surface area contributed by atoms with Gasteiger partial charge >= 0.3 is 35.9 Å². The molecule has 13 heteroatoms. The average molecular weight is 510 g/mol. The van der Waals surface area contributed by atoms with Crippen LogP contribution in [-0.2, 0) is 19.1 Å². The molecule has 2 atom stereocenters. The van der Waals surface area contributed by atoms with Crippen molar-refractivity contribution in [3.63, 3.8) is 0 Å². The fourth-order valence-electron chi connectivity index (χ4n) is 5.81. The van der Waals surface area contributed by atoms with Gasteiger partial charge in [0.2, 0.25) is 0 Å². The van der Waals surface area contributed by atoms with Crippen LogP contribution < -0.4 is 0 Å². The molecule has 0 heterocycles. The fourth-order valence-corrected chi connectivity index (χ4v) is 5.81. The molecule has 0 aromatic heterocycles. The van der Waals surface area contributed by atoms with E-state index in [4.69, 9.17) is 9.47 Å². The minimum Gasteiger partial charge on any atom is -0.465 e. The molecule has 4 rings (SSSR count). The topological polar surface area (TPSA) is 52.6 Å². The lowest BCUT2D eigenvalue weighted by Crippen LogP contribution is -2.61. The minimum atomic E-state index is -6.99. The smallest absolute Gasteiger partial charge is 0.460 e. The quantitative estimate of drug-likeness (QED) is 0.234. The Balaban J connectivity index is 1.69. The number of carbonyl (C=O) groups excluding carboxylic acids is 2. The lowest BCUT2D eigenvalue weighted by Gasteiger charge is -2.59. The number of esters is 2. The summed E-state index contributed by atoms with van der Waals surface area (Å²) in [7, 11) is 0. The number of hydrogen-bond donors (Lipinski definition) is 0. The molecule has 0 radical (unpaired) electrons. The third kappa shape index (κ3) is 4.27. The van der Waals surface area contributed by atoms with Gasteiger partial charge in [0.1, 0.15) is 5.60 Å². The summed E-state index contributed by atoms with van der Waals surface area (Å²) in [6.45, 7) is 3.44. The van der Waals surface area contributed by atoms with Gasteiger partial charge in [0, 0.05) is 12.0 Å². The van der Waals surface area contributed by atoms with Crippen LogP contribution in [-0.4, -0.2) is 48.1 Å². The summed E-state index contributed by atoms with van der Waals surface area (Å²) in [5.41, 5.74) is -2.14. The van der Waals surface area contributed by atoms with Crippen LogP contribution in [0.25, 0.3) is 0 Å². The lowest BCUT2D eigenvalue weighted by molar-refractivity contribution is -0.397. The third-order valence-electron chi connectivity index (χ3n) is 6.96. The van der Waals surface area contributed by atoms with Crippen LogP contribution in [0, 0.1) is 17.3 Å². The zero-order valence-corrected chi connectivity index (χ0v) is 18.1. The number of carbonyl (C=O) groups is 2. The first-order valence-corrected chi connectivity index (χ1v) is 10.5. The van der Waals surface area contributed by atoms with Crippen molar-refractivity contribution in [1.82, 2.24) is 0 Å². The van der Waals surface area contributed by atoms with Crippen molar-refractivity contribution in [2.45, 2.75) is 81.4 Å². The van der Waals surface area contributed by atoms with Crippen LogP contribution in [0.2, 0.25) is 0 Å². The maximum absolute atomic E-state index is 13.7. The van der Waals surface area contributed by atoms with Crippen LogP contribution in [0.15, 0.2) is 12.2 Å². The molecule has 2 unspecified atom stereocenters. The highest BCUT2D eigenvalue weighted by molar-refractivity contribution is 5.87. The van der Waals surface area contributed by atoms with Gasteiger partial charge in [0.15, 0.2) is 0 Å². The van der Waals surface area contributed by atoms with Gasteiger partial charge in [-0.15, -0.1) is 0 Å². The van der Waals surface area contributed by atoms with Gasteiger partial charge in [-0.25, -0.2) is 4.79 Å². The lowest BCUT2D eigenvalue weighted by atomic mass is 9.48. The van der Waals surface area contributed by atoms with Crippen molar-refractivity contribution < 1.29 is 58.6 Å². The molecule has 0 amide bonds. The summed E-state index contributed by atoms with van der Waals surface area (Å²) >= 11 is 0. The largest absolute Gasteiger partial charge is 0.465 e. The highest BCUT2D eigenvalue weighted by atomic mass is 19.4. The van der Waals surface area contributed by atoms with Crippen LogP contribution in [0.1, 0.15) is 51.9 Å². The number of rotatable bonds is 8. The van der Waals surface area contributed by atoms with Crippen LogP contribution >= 0.6 is 0 Å². The first-order chi connectivity index (χ1) is 15.3. The number of hydrogen-bond acceptors (Lipinski definition) is 4. The van der Waals surface area contributed by atoms with E-state index in [0.717, 1.165) is 6.42 Å². The van der Waals surface area contributed by atoms with Gasteiger partial charge in [-0.05, 0) is 50.9 Å². The van der Waals surface area contributed by atoms with E-state index in [-0.39, 0.29) is 36.7 Å². The Morgan fingerprint density at radius 2 is 1.44 bits per heavy atom. The standard InChI is InChI=1S/C21H23F9O4/c1-11(2)14(31)34-17-8-12-5-13(9-17)7-16(6-12,10-17)15(32)33-4-3-18(22,23)19(24,25)20(26,27)21(28,29)30/h12-13H,1,3-10H2,2H3. The zero-order valence-electron chi connectivity index (χ0n) is 18.1. The van der Waals surface area contributed by atoms with Crippen LogP contribution in [0.3, 0.4) is 0 Å². The van der Waals surface area contributed by atoms with Gasteiger partial charge in [0.25, 0.3) is 0 Å². The Bertz CT molecular complexity index is 851. The molecule has 0 aliphatic heterocycles. The summed E-state index contributed by atoms with van der Waals surface area (Å²) in [6, 6.07) is 0. The van der Waals surface area contributed by atoms with E-state index in [2.05, 4.69) is 6.58 Å². The molecule has 4 fully saturated rings.